The van der Waals surface area contributed by atoms with Crippen molar-refractivity contribution in [3.05, 3.63) is 45.5 Å². The van der Waals surface area contributed by atoms with Crippen molar-refractivity contribution in [2.45, 2.75) is 10.7 Å². The number of halogens is 3. The number of fused-ring (bicyclic) bond motifs is 1. The molecular weight excluding hydrogens is 359 g/mol. The Hall–Kier alpha value is -0.950. The summed E-state index contributed by atoms with van der Waals surface area (Å²) in [5, 5.41) is 12.5. The van der Waals surface area contributed by atoms with Gasteiger partial charge in [-0.25, -0.2) is 4.39 Å². The molecule has 0 spiro atoms. The molecule has 1 heterocycles. The number of rotatable bonds is 2. The van der Waals surface area contributed by atoms with Gasteiger partial charge in [-0.3, -0.25) is 0 Å². The van der Waals surface area contributed by atoms with Crippen molar-refractivity contribution in [1.82, 2.24) is 4.73 Å². The van der Waals surface area contributed by atoms with Gasteiger partial charge in [0.2, 0.25) is 0 Å². The summed E-state index contributed by atoms with van der Waals surface area (Å²) in [5.41, 5.74) is 0.769. The Kier molecular flexibility index (Phi) is 3.48. The molecule has 0 unspecified atom stereocenters. The highest BCUT2D eigenvalue weighted by molar-refractivity contribution is 9.09. The number of aromatic nitrogens is 2. The molecule has 0 aliphatic carbocycles. The fraction of sp³-hybridized carbons (Fsp3) is 0.200. The lowest BCUT2D eigenvalue weighted by atomic mass is 10.2. The molecule has 7 heteroatoms. The van der Waals surface area contributed by atoms with E-state index in [1.165, 1.54) is 6.07 Å². The topological polar surface area (TPSA) is 51.0 Å². The van der Waals surface area contributed by atoms with Crippen molar-refractivity contribution in [3.8, 4) is 0 Å². The standard InChI is InChI=1S/C10H7Br2FN2O2/c11-4-9-10(5-12)15(17)8-3-6(13)1-2-7(8)14(9)16/h1-3H,4-5H2. The van der Waals surface area contributed by atoms with Crippen LogP contribution in [0, 0.1) is 15.9 Å². The fourth-order valence-corrected chi connectivity index (χ4v) is 2.72. The van der Waals surface area contributed by atoms with E-state index in [0.717, 1.165) is 12.1 Å². The average molecular weight is 366 g/mol. The second-order valence-corrected chi connectivity index (χ2v) is 4.50. The number of nitrogens with zero attached hydrogens (tertiary/aromatic N) is 2. The molecule has 0 bridgehead atoms. The minimum Gasteiger partial charge on any atom is -0.805 e. The monoisotopic (exact) mass is 364 g/mol. The van der Waals surface area contributed by atoms with Gasteiger partial charge < -0.3 is 9.94 Å². The van der Waals surface area contributed by atoms with Crippen LogP contribution in [0.25, 0.3) is 11.0 Å². The van der Waals surface area contributed by atoms with E-state index in [2.05, 4.69) is 31.9 Å². The van der Waals surface area contributed by atoms with Crippen molar-refractivity contribution in [2.75, 3.05) is 0 Å². The minimum atomic E-state index is -0.547. The SMILES string of the molecule is O=[n+]1c(CBr)c(CBr)n([O-])c2cc(F)ccc21. The van der Waals surface area contributed by atoms with Gasteiger partial charge in [0.25, 0.3) is 11.2 Å². The smallest absolute Gasteiger partial charge is 0.286 e. The highest BCUT2D eigenvalue weighted by Gasteiger charge is 2.20. The van der Waals surface area contributed by atoms with Crippen LogP contribution in [0.15, 0.2) is 18.2 Å². The number of hydrogen-bond donors (Lipinski definition) is 0. The third-order valence-corrected chi connectivity index (χ3v) is 3.51. The van der Waals surface area contributed by atoms with Crippen molar-refractivity contribution in [1.29, 1.82) is 0 Å². The molecule has 0 saturated carbocycles. The van der Waals surface area contributed by atoms with E-state index in [1.54, 1.807) is 0 Å². The fourth-order valence-electron chi connectivity index (χ4n) is 1.62. The quantitative estimate of drug-likeness (QED) is 0.607. The lowest BCUT2D eigenvalue weighted by Crippen LogP contribution is -2.26. The molecule has 0 radical (unpaired) electrons. The summed E-state index contributed by atoms with van der Waals surface area (Å²) in [4.78, 5) is 12.0. The van der Waals surface area contributed by atoms with Gasteiger partial charge >= 0.3 is 0 Å². The number of hydrogen-bond acceptors (Lipinski definition) is 2. The zero-order valence-electron chi connectivity index (χ0n) is 8.49. The van der Waals surface area contributed by atoms with Gasteiger partial charge in [0.05, 0.1) is 15.5 Å². The van der Waals surface area contributed by atoms with E-state index in [0.29, 0.717) is 14.9 Å². The lowest BCUT2D eigenvalue weighted by Gasteiger charge is -2.17. The molecule has 0 aliphatic heterocycles. The van der Waals surface area contributed by atoms with Gasteiger partial charge in [-0.05, 0) is 6.07 Å². The van der Waals surface area contributed by atoms with Gasteiger partial charge in [0.1, 0.15) is 11.3 Å². The van der Waals surface area contributed by atoms with Gasteiger partial charge in [-0.1, -0.05) is 31.9 Å². The molecule has 4 nitrogen and oxygen atoms in total. The second-order valence-electron chi connectivity index (χ2n) is 3.38. The molecule has 0 N–H and O–H groups in total. The Balaban J connectivity index is 2.99. The Labute approximate surface area is 112 Å². The number of benzene rings is 1. The Morgan fingerprint density at radius 3 is 2.65 bits per heavy atom. The zero-order chi connectivity index (χ0) is 12.6. The molecule has 90 valence electrons. The van der Waals surface area contributed by atoms with Crippen LogP contribution >= 0.6 is 31.9 Å². The second kappa shape index (κ2) is 4.73. The van der Waals surface area contributed by atoms with E-state index in [9.17, 15) is 14.5 Å². The summed E-state index contributed by atoms with van der Waals surface area (Å²) in [7, 11) is 0. The Morgan fingerprint density at radius 2 is 2.06 bits per heavy atom. The molecule has 2 aromatic rings. The van der Waals surface area contributed by atoms with Crippen LogP contribution in [0.5, 0.6) is 0 Å². The van der Waals surface area contributed by atoms with Crippen LogP contribution in [-0.4, -0.2) is 4.73 Å². The van der Waals surface area contributed by atoms with Crippen molar-refractivity contribution in [2.24, 2.45) is 0 Å². The van der Waals surface area contributed by atoms with Gasteiger partial charge in [-0.2, -0.15) is 0 Å². The molecule has 2 rings (SSSR count). The van der Waals surface area contributed by atoms with E-state index < -0.39 is 5.82 Å². The summed E-state index contributed by atoms with van der Waals surface area (Å²) >= 11 is 6.32. The molecular formula is C10H7Br2FN2O2. The first-order chi connectivity index (χ1) is 8.10. The summed E-state index contributed by atoms with van der Waals surface area (Å²) in [5.74, 6) is -0.547. The van der Waals surface area contributed by atoms with Crippen LogP contribution < -0.4 is 4.43 Å². The third kappa shape index (κ3) is 1.97. The lowest BCUT2D eigenvalue weighted by molar-refractivity contribution is -0.474. The van der Waals surface area contributed by atoms with E-state index in [-0.39, 0.29) is 27.4 Å². The van der Waals surface area contributed by atoms with Crippen molar-refractivity contribution in [3.63, 3.8) is 0 Å². The molecule has 0 atom stereocenters. The zero-order valence-corrected chi connectivity index (χ0v) is 11.7. The van der Waals surface area contributed by atoms with Gasteiger partial charge in [0, 0.05) is 22.4 Å². The maximum atomic E-state index is 13.1. The normalized spacial score (nSPS) is 11.0. The first-order valence-corrected chi connectivity index (χ1v) is 6.92. The largest absolute Gasteiger partial charge is 0.805 e. The van der Waals surface area contributed by atoms with E-state index >= 15 is 0 Å². The van der Waals surface area contributed by atoms with Crippen LogP contribution in [0.3, 0.4) is 0 Å². The molecule has 1 aromatic carbocycles. The van der Waals surface area contributed by atoms with E-state index in [4.69, 9.17) is 0 Å². The van der Waals surface area contributed by atoms with Crippen LogP contribution in [0.1, 0.15) is 11.4 Å². The van der Waals surface area contributed by atoms with Crippen LogP contribution in [0.2, 0.25) is 0 Å². The maximum absolute atomic E-state index is 13.1. The molecule has 1 aromatic heterocycles. The number of alkyl halides is 2. The Morgan fingerprint density at radius 1 is 1.35 bits per heavy atom. The van der Waals surface area contributed by atoms with Gasteiger partial charge in [-0.15, -0.1) is 0 Å². The first kappa shape index (κ1) is 12.5. The molecule has 0 fully saturated rings. The molecule has 17 heavy (non-hydrogen) atoms. The predicted octanol–water partition coefficient (Wildman–Crippen LogP) is 2.83. The summed E-state index contributed by atoms with van der Waals surface area (Å²) in [6.07, 6.45) is 0. The average Bonchev–Trinajstić information content (AvgIpc) is 2.33. The summed E-state index contributed by atoms with van der Waals surface area (Å²) < 4.78 is 14.3. The third-order valence-electron chi connectivity index (χ3n) is 2.45. The minimum absolute atomic E-state index is 0.0270. The maximum Gasteiger partial charge on any atom is 0.286 e. The highest BCUT2D eigenvalue weighted by atomic mass is 79.9. The van der Waals surface area contributed by atoms with Crippen LogP contribution in [-0.2, 0) is 10.7 Å². The molecule has 0 amide bonds. The van der Waals surface area contributed by atoms with Crippen molar-refractivity contribution >= 4 is 42.9 Å². The molecule has 0 saturated heterocycles. The highest BCUT2D eigenvalue weighted by Crippen LogP contribution is 2.19. The Bertz CT molecular complexity index is 642. The first-order valence-electron chi connectivity index (χ1n) is 4.68. The van der Waals surface area contributed by atoms with Crippen LogP contribution in [0.4, 0.5) is 4.39 Å². The molecule has 0 aliphatic rings. The summed E-state index contributed by atoms with van der Waals surface area (Å²) in [6.45, 7) is 0. The van der Waals surface area contributed by atoms with Crippen molar-refractivity contribution < 1.29 is 8.82 Å². The predicted molar refractivity (Wildman–Crippen MR) is 69.3 cm³/mol. The summed E-state index contributed by atoms with van der Waals surface area (Å²) in [6, 6.07) is 3.51. The van der Waals surface area contributed by atoms with Gasteiger partial charge in [0.15, 0.2) is 0 Å². The van der Waals surface area contributed by atoms with E-state index in [1.807, 2.05) is 0 Å².